The predicted molar refractivity (Wildman–Crippen MR) is 86.1 cm³/mol. The minimum absolute atomic E-state index is 0.0453. The fourth-order valence-corrected chi connectivity index (χ4v) is 2.99. The molecular formula is C15H18N4O3S. The van der Waals surface area contributed by atoms with Crippen LogP contribution < -0.4 is 16.8 Å². The fraction of sp³-hybridized carbons (Fsp3) is 0.267. The zero-order valence-electron chi connectivity index (χ0n) is 12.5. The zero-order chi connectivity index (χ0) is 17.3. The summed E-state index contributed by atoms with van der Waals surface area (Å²) >= 11 is 0. The third-order valence-corrected chi connectivity index (χ3v) is 5.12. The number of nitrogens with two attached hydrogens (primary N) is 2. The van der Waals surface area contributed by atoms with Crippen molar-refractivity contribution in [1.29, 1.82) is 5.26 Å². The Balaban J connectivity index is 2.38. The molecule has 0 radical (unpaired) electrons. The van der Waals surface area contributed by atoms with Gasteiger partial charge in [0.2, 0.25) is 4.87 Å². The first-order valence-corrected chi connectivity index (χ1v) is 8.24. The molecule has 2 unspecified atom stereocenters. The van der Waals surface area contributed by atoms with Gasteiger partial charge in [0.05, 0.1) is 22.9 Å². The molecule has 1 aliphatic carbocycles. The second kappa shape index (κ2) is 5.79. The van der Waals surface area contributed by atoms with Crippen molar-refractivity contribution < 1.29 is 13.0 Å². The van der Waals surface area contributed by atoms with Gasteiger partial charge in [-0.1, -0.05) is 36.4 Å². The molecule has 0 saturated carbocycles. The van der Waals surface area contributed by atoms with E-state index >= 15 is 0 Å². The second-order valence-corrected chi connectivity index (χ2v) is 7.17. The average Bonchev–Trinajstić information content (AvgIpc) is 2.50. The molecule has 1 aromatic carbocycles. The summed E-state index contributed by atoms with van der Waals surface area (Å²) < 4.78 is 32.3. The van der Waals surface area contributed by atoms with E-state index in [4.69, 9.17) is 11.5 Å². The lowest BCUT2D eigenvalue weighted by Gasteiger charge is -2.36. The molecule has 0 amide bonds. The maximum atomic E-state index is 11.5. The van der Waals surface area contributed by atoms with Crippen LogP contribution in [0, 0.1) is 11.3 Å². The first-order valence-electron chi connectivity index (χ1n) is 6.80. The summed E-state index contributed by atoms with van der Waals surface area (Å²) in [6, 6.07) is 11.4. The number of nitrogens with zero attached hydrogens (tertiary/aromatic N) is 1. The molecule has 1 aromatic rings. The minimum atomic E-state index is -4.71. The first kappa shape index (κ1) is 17.2. The van der Waals surface area contributed by atoms with Gasteiger partial charge in [-0.25, -0.2) is 0 Å². The van der Waals surface area contributed by atoms with E-state index in [2.05, 4.69) is 5.32 Å². The van der Waals surface area contributed by atoms with Gasteiger partial charge in [-0.2, -0.15) is 13.7 Å². The Morgan fingerprint density at radius 1 is 1.30 bits per heavy atom. The van der Waals surface area contributed by atoms with Gasteiger partial charge >= 0.3 is 0 Å². The van der Waals surface area contributed by atoms with E-state index in [1.807, 2.05) is 36.4 Å². The van der Waals surface area contributed by atoms with E-state index < -0.39 is 26.2 Å². The Bertz CT molecular complexity index is 811. The fourth-order valence-electron chi connectivity index (χ4n) is 2.37. The predicted octanol–water partition coefficient (Wildman–Crippen LogP) is 0.384. The van der Waals surface area contributed by atoms with Crippen LogP contribution in [0.1, 0.15) is 12.5 Å². The van der Waals surface area contributed by atoms with E-state index in [9.17, 15) is 18.2 Å². The highest BCUT2D eigenvalue weighted by atomic mass is 32.2. The number of rotatable bonds is 4. The zero-order valence-corrected chi connectivity index (χ0v) is 13.3. The third-order valence-electron chi connectivity index (χ3n) is 3.92. The molecule has 122 valence electrons. The van der Waals surface area contributed by atoms with Crippen LogP contribution in [0.15, 0.2) is 53.8 Å². The van der Waals surface area contributed by atoms with Crippen LogP contribution in [0.5, 0.6) is 0 Å². The quantitative estimate of drug-likeness (QED) is 0.460. The van der Waals surface area contributed by atoms with Crippen molar-refractivity contribution >= 4 is 10.1 Å². The Labute approximate surface area is 135 Å². The summed E-state index contributed by atoms with van der Waals surface area (Å²) in [6.07, 6.45) is 2.52. The minimum Gasteiger partial charge on any atom is -0.398 e. The largest absolute Gasteiger partial charge is 0.398 e. The molecule has 0 bridgehead atoms. The standard InChI is InChI=1S/C15H18N4O3S/c1-14(19-10-11-5-3-2-4-6-11)7-8-15(18,23(20,21)22)13(17)12(14)9-16/h2-8,19H,10,17-18H2,1H3,(H,20,21,22). The van der Waals surface area contributed by atoms with Crippen LogP contribution in [0.4, 0.5) is 0 Å². The van der Waals surface area contributed by atoms with Crippen LogP contribution in [0.2, 0.25) is 0 Å². The van der Waals surface area contributed by atoms with Crippen molar-refractivity contribution in [3.63, 3.8) is 0 Å². The van der Waals surface area contributed by atoms with E-state index in [0.717, 1.165) is 11.6 Å². The average molecular weight is 334 g/mol. The number of hydrogen-bond acceptors (Lipinski definition) is 6. The third kappa shape index (κ3) is 3.00. The van der Waals surface area contributed by atoms with Crippen LogP contribution in [-0.4, -0.2) is 23.4 Å². The van der Waals surface area contributed by atoms with Gasteiger partial charge in [0.15, 0.2) is 0 Å². The van der Waals surface area contributed by atoms with Crippen molar-refractivity contribution in [2.24, 2.45) is 11.5 Å². The maximum absolute atomic E-state index is 11.5. The topological polar surface area (TPSA) is 142 Å². The van der Waals surface area contributed by atoms with E-state index in [1.54, 1.807) is 6.92 Å². The van der Waals surface area contributed by atoms with Crippen LogP contribution in [0.25, 0.3) is 0 Å². The van der Waals surface area contributed by atoms with Gasteiger partial charge in [0, 0.05) is 6.54 Å². The number of nitriles is 1. The normalized spacial score (nSPS) is 27.7. The molecule has 0 aliphatic heterocycles. The Kier molecular flexibility index (Phi) is 4.32. The number of hydrogen-bond donors (Lipinski definition) is 4. The van der Waals surface area contributed by atoms with Crippen molar-refractivity contribution in [2.75, 3.05) is 0 Å². The summed E-state index contributed by atoms with van der Waals surface area (Å²) in [5, 5.41) is 12.6. The Hall–Kier alpha value is -2.18. The molecule has 23 heavy (non-hydrogen) atoms. The summed E-state index contributed by atoms with van der Waals surface area (Å²) in [4.78, 5) is -2.30. The maximum Gasteiger partial charge on any atom is 0.293 e. The van der Waals surface area contributed by atoms with E-state index in [1.165, 1.54) is 6.08 Å². The molecule has 6 N–H and O–H groups in total. The van der Waals surface area contributed by atoms with E-state index in [0.29, 0.717) is 6.54 Å². The van der Waals surface area contributed by atoms with Crippen molar-refractivity contribution in [3.05, 3.63) is 59.3 Å². The summed E-state index contributed by atoms with van der Waals surface area (Å²) in [5.41, 5.74) is 11.0. The van der Waals surface area contributed by atoms with Crippen molar-refractivity contribution in [2.45, 2.75) is 23.9 Å². The van der Waals surface area contributed by atoms with Gasteiger partial charge in [0.25, 0.3) is 10.1 Å². The van der Waals surface area contributed by atoms with Crippen LogP contribution in [-0.2, 0) is 16.7 Å². The molecular weight excluding hydrogens is 316 g/mol. The summed E-state index contributed by atoms with van der Waals surface area (Å²) in [7, 11) is -4.71. The molecule has 0 saturated heterocycles. The molecule has 0 heterocycles. The van der Waals surface area contributed by atoms with E-state index in [-0.39, 0.29) is 5.57 Å². The molecule has 1 aliphatic rings. The van der Waals surface area contributed by atoms with Gasteiger partial charge in [-0.05, 0) is 18.6 Å². The Morgan fingerprint density at radius 3 is 2.43 bits per heavy atom. The van der Waals surface area contributed by atoms with Gasteiger partial charge < -0.3 is 11.5 Å². The highest BCUT2D eigenvalue weighted by Crippen LogP contribution is 2.33. The van der Waals surface area contributed by atoms with Crippen LogP contribution in [0.3, 0.4) is 0 Å². The van der Waals surface area contributed by atoms with Gasteiger partial charge in [-0.3, -0.25) is 9.87 Å². The smallest absolute Gasteiger partial charge is 0.293 e. The lowest BCUT2D eigenvalue weighted by Crippen LogP contribution is -2.56. The molecule has 7 nitrogen and oxygen atoms in total. The van der Waals surface area contributed by atoms with Crippen molar-refractivity contribution in [1.82, 2.24) is 5.32 Å². The van der Waals surface area contributed by atoms with Crippen LogP contribution >= 0.6 is 0 Å². The summed E-state index contributed by atoms with van der Waals surface area (Å²) in [6.45, 7) is 2.12. The number of benzene rings is 1. The highest BCUT2D eigenvalue weighted by Gasteiger charge is 2.47. The molecule has 2 rings (SSSR count). The second-order valence-electron chi connectivity index (χ2n) is 5.54. The Morgan fingerprint density at radius 2 is 1.91 bits per heavy atom. The molecule has 8 heteroatoms. The first-order chi connectivity index (χ1) is 10.6. The lowest BCUT2D eigenvalue weighted by atomic mass is 9.83. The number of nitrogens with one attached hydrogen (secondary N) is 1. The summed E-state index contributed by atoms with van der Waals surface area (Å²) in [5.74, 6) is 0. The lowest BCUT2D eigenvalue weighted by molar-refractivity contribution is 0.445. The van der Waals surface area contributed by atoms with Crippen molar-refractivity contribution in [3.8, 4) is 6.07 Å². The van der Waals surface area contributed by atoms with Gasteiger partial charge in [-0.15, -0.1) is 0 Å². The SMILES string of the molecule is CC1(NCc2ccccc2)C=CC(N)(S(=O)(=O)O)C(N)=C1C#N. The molecule has 0 aromatic heterocycles. The molecule has 2 atom stereocenters. The monoisotopic (exact) mass is 334 g/mol. The molecule has 0 fully saturated rings. The highest BCUT2D eigenvalue weighted by molar-refractivity contribution is 7.87. The van der Waals surface area contributed by atoms with Gasteiger partial charge in [0.1, 0.15) is 0 Å². The molecule has 0 spiro atoms.